The van der Waals surface area contributed by atoms with E-state index in [1.807, 2.05) is 6.92 Å². The van der Waals surface area contributed by atoms with E-state index >= 15 is 0 Å². The molecule has 1 saturated carbocycles. The van der Waals surface area contributed by atoms with E-state index in [1.165, 1.54) is 32.1 Å². The standard InChI is InChI=1S/C15H27NO3/c1-3-15(2,14(18)19)11-16-13(17)10-9-12-7-5-4-6-8-12/h12H,3-11H2,1-2H3,(H,16,17)(H,18,19). The fourth-order valence-electron chi connectivity index (χ4n) is 2.54. The molecule has 1 aliphatic carbocycles. The van der Waals surface area contributed by atoms with Crippen LogP contribution in [0.3, 0.4) is 0 Å². The van der Waals surface area contributed by atoms with E-state index in [9.17, 15) is 9.59 Å². The van der Waals surface area contributed by atoms with Gasteiger partial charge in [0, 0.05) is 13.0 Å². The first kappa shape index (κ1) is 16.0. The summed E-state index contributed by atoms with van der Waals surface area (Å²) in [6.45, 7) is 3.74. The quantitative estimate of drug-likeness (QED) is 0.746. The Bertz CT molecular complexity index is 311. The van der Waals surface area contributed by atoms with Crippen molar-refractivity contribution >= 4 is 11.9 Å². The lowest BCUT2D eigenvalue weighted by molar-refractivity contribution is -0.148. The van der Waals surface area contributed by atoms with Gasteiger partial charge in [0.25, 0.3) is 0 Å². The third kappa shape index (κ3) is 5.21. The molecule has 1 atom stereocenters. The molecular formula is C15H27NO3. The molecule has 4 heteroatoms. The topological polar surface area (TPSA) is 66.4 Å². The van der Waals surface area contributed by atoms with Crippen LogP contribution in [0.25, 0.3) is 0 Å². The monoisotopic (exact) mass is 269 g/mol. The highest BCUT2D eigenvalue weighted by Gasteiger charge is 2.31. The fourth-order valence-corrected chi connectivity index (χ4v) is 2.54. The number of carboxylic acid groups (broad SMARTS) is 1. The summed E-state index contributed by atoms with van der Waals surface area (Å²) in [4.78, 5) is 22.9. The van der Waals surface area contributed by atoms with Crippen molar-refractivity contribution in [2.45, 2.75) is 65.2 Å². The number of carbonyl (C=O) groups excluding carboxylic acids is 1. The Balaban J connectivity index is 2.25. The average molecular weight is 269 g/mol. The zero-order valence-corrected chi connectivity index (χ0v) is 12.2. The van der Waals surface area contributed by atoms with Crippen LogP contribution in [0.4, 0.5) is 0 Å². The van der Waals surface area contributed by atoms with E-state index in [1.54, 1.807) is 6.92 Å². The largest absolute Gasteiger partial charge is 0.481 e. The average Bonchev–Trinajstić information content (AvgIpc) is 2.43. The molecule has 0 aromatic carbocycles. The molecule has 0 saturated heterocycles. The molecule has 0 aromatic heterocycles. The molecule has 1 unspecified atom stereocenters. The summed E-state index contributed by atoms with van der Waals surface area (Å²) in [6, 6.07) is 0. The highest BCUT2D eigenvalue weighted by Crippen LogP contribution is 2.27. The molecule has 0 bridgehead atoms. The predicted octanol–water partition coefficient (Wildman–Crippen LogP) is 2.96. The Morgan fingerprint density at radius 1 is 1.26 bits per heavy atom. The SMILES string of the molecule is CCC(C)(CNC(=O)CCC1CCCCC1)C(=O)O. The second kappa shape index (κ2) is 7.51. The maximum atomic E-state index is 11.8. The van der Waals surface area contributed by atoms with Gasteiger partial charge in [-0.25, -0.2) is 0 Å². The van der Waals surface area contributed by atoms with E-state index in [0.717, 1.165) is 6.42 Å². The zero-order valence-electron chi connectivity index (χ0n) is 12.2. The summed E-state index contributed by atoms with van der Waals surface area (Å²) in [6.07, 6.45) is 8.40. The first-order valence-electron chi connectivity index (χ1n) is 7.48. The molecule has 110 valence electrons. The van der Waals surface area contributed by atoms with E-state index in [4.69, 9.17) is 5.11 Å². The van der Waals surface area contributed by atoms with Crippen molar-refractivity contribution in [2.75, 3.05) is 6.54 Å². The molecule has 1 amide bonds. The third-order valence-corrected chi connectivity index (χ3v) is 4.48. The van der Waals surface area contributed by atoms with Crippen LogP contribution in [-0.4, -0.2) is 23.5 Å². The number of hydrogen-bond donors (Lipinski definition) is 2. The van der Waals surface area contributed by atoms with Gasteiger partial charge in [0.2, 0.25) is 5.91 Å². The first-order chi connectivity index (χ1) is 8.98. The van der Waals surface area contributed by atoms with Crippen molar-refractivity contribution < 1.29 is 14.7 Å². The minimum atomic E-state index is -0.847. The first-order valence-corrected chi connectivity index (χ1v) is 7.48. The van der Waals surface area contributed by atoms with Crippen molar-refractivity contribution in [2.24, 2.45) is 11.3 Å². The second-order valence-electron chi connectivity index (χ2n) is 6.04. The fraction of sp³-hybridized carbons (Fsp3) is 0.867. The molecule has 0 heterocycles. The van der Waals surface area contributed by atoms with Crippen molar-refractivity contribution in [3.63, 3.8) is 0 Å². The Labute approximate surface area is 116 Å². The van der Waals surface area contributed by atoms with Gasteiger partial charge < -0.3 is 10.4 Å². The molecule has 0 radical (unpaired) electrons. The number of carbonyl (C=O) groups is 2. The second-order valence-corrected chi connectivity index (χ2v) is 6.04. The molecular weight excluding hydrogens is 242 g/mol. The van der Waals surface area contributed by atoms with Gasteiger partial charge >= 0.3 is 5.97 Å². The number of nitrogens with one attached hydrogen (secondary N) is 1. The van der Waals surface area contributed by atoms with Crippen LogP contribution in [0.5, 0.6) is 0 Å². The van der Waals surface area contributed by atoms with E-state index in [0.29, 0.717) is 18.8 Å². The maximum Gasteiger partial charge on any atom is 0.311 e. The Morgan fingerprint density at radius 3 is 2.42 bits per heavy atom. The van der Waals surface area contributed by atoms with Gasteiger partial charge in [-0.05, 0) is 25.7 Å². The van der Waals surface area contributed by atoms with Gasteiger partial charge in [-0.1, -0.05) is 39.0 Å². The van der Waals surface area contributed by atoms with Crippen LogP contribution in [0, 0.1) is 11.3 Å². The van der Waals surface area contributed by atoms with Crippen LogP contribution in [0.1, 0.15) is 65.2 Å². The van der Waals surface area contributed by atoms with E-state index in [-0.39, 0.29) is 12.5 Å². The lowest BCUT2D eigenvalue weighted by Crippen LogP contribution is -2.40. The van der Waals surface area contributed by atoms with Crippen LogP contribution >= 0.6 is 0 Å². The van der Waals surface area contributed by atoms with Gasteiger partial charge in [0.1, 0.15) is 0 Å². The minimum Gasteiger partial charge on any atom is -0.481 e. The normalized spacial score (nSPS) is 19.7. The number of carboxylic acids is 1. The van der Waals surface area contributed by atoms with Crippen molar-refractivity contribution in [1.29, 1.82) is 0 Å². The summed E-state index contributed by atoms with van der Waals surface area (Å²) in [5.41, 5.74) is -0.847. The molecule has 2 N–H and O–H groups in total. The van der Waals surface area contributed by atoms with Gasteiger partial charge in [0.05, 0.1) is 5.41 Å². The summed E-state index contributed by atoms with van der Waals surface area (Å²) >= 11 is 0. The summed E-state index contributed by atoms with van der Waals surface area (Å²) in [5.74, 6) is -0.161. The molecule has 4 nitrogen and oxygen atoms in total. The van der Waals surface area contributed by atoms with Crippen molar-refractivity contribution in [1.82, 2.24) is 5.32 Å². The van der Waals surface area contributed by atoms with Crippen LogP contribution in [-0.2, 0) is 9.59 Å². The lowest BCUT2D eigenvalue weighted by atomic mass is 9.85. The van der Waals surface area contributed by atoms with Gasteiger partial charge in [-0.2, -0.15) is 0 Å². The maximum absolute atomic E-state index is 11.8. The molecule has 19 heavy (non-hydrogen) atoms. The number of rotatable bonds is 7. The number of hydrogen-bond acceptors (Lipinski definition) is 2. The summed E-state index contributed by atoms with van der Waals surface area (Å²) < 4.78 is 0. The molecule has 1 rings (SSSR count). The highest BCUT2D eigenvalue weighted by molar-refractivity contribution is 5.78. The smallest absolute Gasteiger partial charge is 0.311 e. The van der Waals surface area contributed by atoms with E-state index < -0.39 is 11.4 Å². The zero-order chi connectivity index (χ0) is 14.3. The summed E-state index contributed by atoms with van der Waals surface area (Å²) in [7, 11) is 0. The lowest BCUT2D eigenvalue weighted by Gasteiger charge is -2.24. The molecule has 0 aliphatic heterocycles. The van der Waals surface area contributed by atoms with Crippen LogP contribution in [0.15, 0.2) is 0 Å². The molecule has 1 aliphatic rings. The molecule has 0 spiro atoms. The van der Waals surface area contributed by atoms with Crippen LogP contribution in [0.2, 0.25) is 0 Å². The predicted molar refractivity (Wildman–Crippen MR) is 74.9 cm³/mol. The van der Waals surface area contributed by atoms with Gasteiger partial charge in [0.15, 0.2) is 0 Å². The molecule has 1 fully saturated rings. The van der Waals surface area contributed by atoms with Gasteiger partial charge in [-0.3, -0.25) is 9.59 Å². The van der Waals surface area contributed by atoms with Gasteiger partial charge in [-0.15, -0.1) is 0 Å². The Kier molecular flexibility index (Phi) is 6.32. The number of amides is 1. The Hall–Kier alpha value is -1.06. The van der Waals surface area contributed by atoms with Crippen molar-refractivity contribution in [3.05, 3.63) is 0 Å². The third-order valence-electron chi connectivity index (χ3n) is 4.48. The Morgan fingerprint density at radius 2 is 1.89 bits per heavy atom. The highest BCUT2D eigenvalue weighted by atomic mass is 16.4. The number of aliphatic carboxylic acids is 1. The van der Waals surface area contributed by atoms with Crippen molar-refractivity contribution in [3.8, 4) is 0 Å². The minimum absolute atomic E-state index is 0.00787. The van der Waals surface area contributed by atoms with Crippen LogP contribution < -0.4 is 5.32 Å². The summed E-state index contributed by atoms with van der Waals surface area (Å²) in [5, 5.41) is 11.9. The van der Waals surface area contributed by atoms with E-state index in [2.05, 4.69) is 5.32 Å². The molecule has 0 aromatic rings.